The van der Waals surface area contributed by atoms with Crippen molar-refractivity contribution in [2.75, 3.05) is 17.2 Å². The number of anilines is 3. The van der Waals surface area contributed by atoms with Gasteiger partial charge in [-0.2, -0.15) is 0 Å². The van der Waals surface area contributed by atoms with Crippen molar-refractivity contribution in [3.05, 3.63) is 48.3 Å². The van der Waals surface area contributed by atoms with Crippen molar-refractivity contribution >= 4 is 17.1 Å². The molecule has 0 aliphatic rings. The van der Waals surface area contributed by atoms with Gasteiger partial charge in [0, 0.05) is 12.2 Å². The van der Waals surface area contributed by atoms with E-state index in [1.807, 2.05) is 12.4 Å². The van der Waals surface area contributed by atoms with Crippen molar-refractivity contribution in [3.8, 4) is 0 Å². The first-order valence-electron chi connectivity index (χ1n) is 7.55. The molecule has 0 saturated heterocycles. The third-order valence-corrected chi connectivity index (χ3v) is 3.36. The van der Waals surface area contributed by atoms with Gasteiger partial charge in [-0.05, 0) is 35.6 Å². The number of pyridine rings is 1. The first-order chi connectivity index (χ1) is 9.99. The second kappa shape index (κ2) is 6.61. The molecule has 0 atom stereocenters. The van der Waals surface area contributed by atoms with E-state index in [4.69, 9.17) is 0 Å². The maximum Gasteiger partial charge on any atom is 0.0591 e. The predicted molar refractivity (Wildman–Crippen MR) is 91.4 cm³/mol. The molecule has 0 radical (unpaired) electrons. The van der Waals surface area contributed by atoms with Crippen LogP contribution in [0.4, 0.5) is 17.1 Å². The Morgan fingerprint density at radius 2 is 1.62 bits per heavy atom. The Morgan fingerprint density at radius 3 is 2.24 bits per heavy atom. The Labute approximate surface area is 127 Å². The fourth-order valence-corrected chi connectivity index (χ4v) is 2.09. The minimum absolute atomic E-state index is 0.185. The molecule has 1 aromatic heterocycles. The lowest BCUT2D eigenvalue weighted by Gasteiger charge is -2.19. The molecule has 0 fully saturated rings. The van der Waals surface area contributed by atoms with Crippen molar-refractivity contribution in [2.24, 2.45) is 0 Å². The van der Waals surface area contributed by atoms with Crippen molar-refractivity contribution in [2.45, 2.75) is 39.5 Å². The Hall–Kier alpha value is -2.03. The zero-order valence-corrected chi connectivity index (χ0v) is 13.4. The van der Waals surface area contributed by atoms with E-state index >= 15 is 0 Å². The first kappa shape index (κ1) is 15.4. The molecule has 21 heavy (non-hydrogen) atoms. The summed E-state index contributed by atoms with van der Waals surface area (Å²) in [6, 6.07) is 10.7. The summed E-state index contributed by atoms with van der Waals surface area (Å²) < 4.78 is 0. The molecule has 0 saturated carbocycles. The molecule has 112 valence electrons. The van der Waals surface area contributed by atoms with Gasteiger partial charge in [-0.25, -0.2) is 0 Å². The molecule has 0 unspecified atom stereocenters. The van der Waals surface area contributed by atoms with Gasteiger partial charge < -0.3 is 10.6 Å². The maximum atomic E-state index is 4.27. The summed E-state index contributed by atoms with van der Waals surface area (Å²) in [6.45, 7) is 9.79. The summed E-state index contributed by atoms with van der Waals surface area (Å²) in [5.41, 5.74) is 4.65. The van der Waals surface area contributed by atoms with E-state index in [1.54, 1.807) is 0 Å². The largest absolute Gasteiger partial charge is 0.384 e. The molecule has 1 heterocycles. The lowest BCUT2D eigenvalue weighted by atomic mass is 9.87. The lowest BCUT2D eigenvalue weighted by molar-refractivity contribution is 0.590. The average molecular weight is 283 g/mol. The van der Waals surface area contributed by atoms with Gasteiger partial charge >= 0.3 is 0 Å². The van der Waals surface area contributed by atoms with Crippen LogP contribution >= 0.6 is 0 Å². The summed E-state index contributed by atoms with van der Waals surface area (Å²) in [5.74, 6) is 0. The van der Waals surface area contributed by atoms with Crippen LogP contribution in [0.2, 0.25) is 0 Å². The number of hydrogen-bond acceptors (Lipinski definition) is 3. The molecular weight excluding hydrogens is 258 g/mol. The number of benzene rings is 1. The number of hydrogen-bond donors (Lipinski definition) is 2. The molecule has 2 N–H and O–H groups in total. The van der Waals surface area contributed by atoms with Crippen LogP contribution in [0.1, 0.15) is 39.7 Å². The molecule has 0 aliphatic carbocycles. The van der Waals surface area contributed by atoms with Gasteiger partial charge in [0.05, 0.1) is 23.8 Å². The minimum atomic E-state index is 0.185. The van der Waals surface area contributed by atoms with Crippen LogP contribution < -0.4 is 10.6 Å². The van der Waals surface area contributed by atoms with E-state index in [-0.39, 0.29) is 5.41 Å². The summed E-state index contributed by atoms with van der Waals surface area (Å²) >= 11 is 0. The van der Waals surface area contributed by atoms with E-state index in [0.717, 1.165) is 30.0 Å². The SMILES string of the molecule is CCCNc1cncc(Nc2ccc(C(C)(C)C)cc2)c1. The Bertz CT molecular complexity index is 568. The Balaban J connectivity index is 2.07. The molecular formula is C18H25N3. The number of aromatic nitrogens is 1. The molecule has 2 aromatic rings. The van der Waals surface area contributed by atoms with Crippen LogP contribution in [0.3, 0.4) is 0 Å². The highest BCUT2D eigenvalue weighted by molar-refractivity contribution is 5.63. The van der Waals surface area contributed by atoms with Crippen LogP contribution in [0.5, 0.6) is 0 Å². The molecule has 0 bridgehead atoms. The number of nitrogens with zero attached hydrogens (tertiary/aromatic N) is 1. The van der Waals surface area contributed by atoms with Crippen molar-refractivity contribution in [1.29, 1.82) is 0 Å². The second-order valence-corrected chi connectivity index (χ2v) is 6.34. The average Bonchev–Trinajstić information content (AvgIpc) is 2.45. The third-order valence-electron chi connectivity index (χ3n) is 3.36. The van der Waals surface area contributed by atoms with E-state index in [9.17, 15) is 0 Å². The van der Waals surface area contributed by atoms with Gasteiger partial charge in [-0.3, -0.25) is 4.98 Å². The maximum absolute atomic E-state index is 4.27. The quantitative estimate of drug-likeness (QED) is 0.815. The lowest BCUT2D eigenvalue weighted by Crippen LogP contribution is -2.10. The summed E-state index contributed by atoms with van der Waals surface area (Å²) in [7, 11) is 0. The molecule has 0 aliphatic heterocycles. The van der Waals surface area contributed by atoms with Gasteiger partial charge in [0.1, 0.15) is 0 Å². The van der Waals surface area contributed by atoms with E-state index in [2.05, 4.69) is 73.6 Å². The fraction of sp³-hybridized carbons (Fsp3) is 0.389. The molecule has 3 nitrogen and oxygen atoms in total. The van der Waals surface area contributed by atoms with Gasteiger partial charge in [-0.1, -0.05) is 39.8 Å². The van der Waals surface area contributed by atoms with Crippen LogP contribution in [0.15, 0.2) is 42.7 Å². The Morgan fingerprint density at radius 1 is 0.952 bits per heavy atom. The number of nitrogens with one attached hydrogen (secondary N) is 2. The van der Waals surface area contributed by atoms with Crippen LogP contribution in [-0.4, -0.2) is 11.5 Å². The zero-order valence-electron chi connectivity index (χ0n) is 13.4. The third kappa shape index (κ3) is 4.48. The molecule has 2 rings (SSSR count). The molecule has 3 heteroatoms. The Kier molecular flexibility index (Phi) is 4.84. The van der Waals surface area contributed by atoms with Gasteiger partial charge in [0.25, 0.3) is 0 Å². The zero-order chi connectivity index (χ0) is 15.3. The second-order valence-electron chi connectivity index (χ2n) is 6.34. The van der Waals surface area contributed by atoms with Crippen LogP contribution in [0, 0.1) is 0 Å². The number of rotatable bonds is 5. The highest BCUT2D eigenvalue weighted by Gasteiger charge is 2.12. The van der Waals surface area contributed by atoms with Gasteiger partial charge in [-0.15, -0.1) is 0 Å². The molecule has 0 amide bonds. The first-order valence-corrected chi connectivity index (χ1v) is 7.55. The highest BCUT2D eigenvalue weighted by Crippen LogP contribution is 2.25. The van der Waals surface area contributed by atoms with Crippen molar-refractivity contribution in [3.63, 3.8) is 0 Å². The topological polar surface area (TPSA) is 37.0 Å². The normalized spacial score (nSPS) is 11.2. The molecule has 1 aromatic carbocycles. The van der Waals surface area contributed by atoms with Crippen LogP contribution in [0.25, 0.3) is 0 Å². The highest BCUT2D eigenvalue weighted by atomic mass is 14.9. The van der Waals surface area contributed by atoms with E-state index in [0.29, 0.717) is 0 Å². The summed E-state index contributed by atoms with van der Waals surface area (Å²) in [4.78, 5) is 4.27. The summed E-state index contributed by atoms with van der Waals surface area (Å²) in [6.07, 6.45) is 4.80. The fourth-order valence-electron chi connectivity index (χ4n) is 2.09. The van der Waals surface area contributed by atoms with Crippen LogP contribution in [-0.2, 0) is 5.41 Å². The monoisotopic (exact) mass is 283 g/mol. The van der Waals surface area contributed by atoms with Gasteiger partial charge in [0.2, 0.25) is 0 Å². The predicted octanol–water partition coefficient (Wildman–Crippen LogP) is 4.94. The summed E-state index contributed by atoms with van der Waals surface area (Å²) in [5, 5.41) is 6.74. The van der Waals surface area contributed by atoms with Crippen molar-refractivity contribution in [1.82, 2.24) is 4.98 Å². The minimum Gasteiger partial charge on any atom is -0.384 e. The van der Waals surface area contributed by atoms with E-state index < -0.39 is 0 Å². The van der Waals surface area contributed by atoms with E-state index in [1.165, 1.54) is 5.56 Å². The van der Waals surface area contributed by atoms with Crippen molar-refractivity contribution < 1.29 is 0 Å². The van der Waals surface area contributed by atoms with Gasteiger partial charge in [0.15, 0.2) is 0 Å². The molecule has 0 spiro atoms. The smallest absolute Gasteiger partial charge is 0.0591 e. The standard InChI is InChI=1S/C18H25N3/c1-5-10-20-16-11-17(13-19-12-16)21-15-8-6-14(7-9-15)18(2,3)4/h6-9,11-13,20-21H,5,10H2,1-4H3.